The summed E-state index contributed by atoms with van der Waals surface area (Å²) >= 11 is 4.86. The van der Waals surface area contributed by atoms with Gasteiger partial charge in [-0.15, -0.1) is 6.42 Å². The maximum Gasteiger partial charge on any atom is 0.324 e. The van der Waals surface area contributed by atoms with Crippen molar-refractivity contribution in [3.05, 3.63) is 22.6 Å². The van der Waals surface area contributed by atoms with Gasteiger partial charge < -0.3 is 14.2 Å². The van der Waals surface area contributed by atoms with Crippen LogP contribution < -0.4 is 9.64 Å². The van der Waals surface area contributed by atoms with Crippen molar-refractivity contribution in [3.8, 4) is 17.5 Å². The molecule has 0 spiro atoms. The molecule has 3 aromatic heterocycles. The molecule has 28 heavy (non-hydrogen) atoms. The average molecular weight is 462 g/mol. The van der Waals surface area contributed by atoms with Crippen molar-refractivity contribution in [1.29, 1.82) is 0 Å². The highest BCUT2D eigenvalue weighted by atomic mass is 79.9. The van der Waals surface area contributed by atoms with Crippen LogP contribution in [0.4, 0.5) is 6.01 Å². The summed E-state index contributed by atoms with van der Waals surface area (Å²) in [6, 6.07) is 4.38. The van der Waals surface area contributed by atoms with Gasteiger partial charge in [-0.2, -0.15) is 4.98 Å². The van der Waals surface area contributed by atoms with Crippen LogP contribution in [0.15, 0.2) is 21.3 Å². The number of thiazole rings is 1. The van der Waals surface area contributed by atoms with E-state index in [-0.39, 0.29) is 12.0 Å². The molecule has 9 heteroatoms. The largest absolute Gasteiger partial charge is 0.467 e. The van der Waals surface area contributed by atoms with Gasteiger partial charge in [-0.25, -0.2) is 9.97 Å². The predicted octanol–water partition coefficient (Wildman–Crippen LogP) is 4.26. The van der Waals surface area contributed by atoms with Gasteiger partial charge in [-0.3, -0.25) is 0 Å². The number of halogens is 1. The highest BCUT2D eigenvalue weighted by Gasteiger charge is 2.28. The summed E-state index contributed by atoms with van der Waals surface area (Å²) < 4.78 is 12.3. The lowest BCUT2D eigenvalue weighted by Gasteiger charge is -2.33. The molecule has 146 valence electrons. The summed E-state index contributed by atoms with van der Waals surface area (Å²) in [6.45, 7) is 5.68. The highest BCUT2D eigenvalue weighted by Crippen LogP contribution is 2.31. The van der Waals surface area contributed by atoms with Crippen LogP contribution in [0, 0.1) is 18.3 Å². The fourth-order valence-corrected chi connectivity index (χ4v) is 4.54. The van der Waals surface area contributed by atoms with Crippen LogP contribution in [0.25, 0.3) is 10.3 Å². The Balaban J connectivity index is 1.35. The Morgan fingerprint density at radius 3 is 2.82 bits per heavy atom. The topological polar surface area (TPSA) is 77.2 Å². The molecule has 0 amide bonds. The Morgan fingerprint density at radius 1 is 1.29 bits per heavy atom. The Bertz CT molecular complexity index is 1010. The normalized spacial score (nSPS) is 17.4. The van der Waals surface area contributed by atoms with Crippen LogP contribution in [-0.2, 0) is 0 Å². The lowest BCUT2D eigenvalue weighted by molar-refractivity contribution is 0.131. The number of hydrogen-bond acceptors (Lipinski definition) is 8. The molecule has 4 rings (SSSR count). The molecule has 0 aromatic carbocycles. The lowest BCUT2D eigenvalue weighted by Crippen LogP contribution is -2.38. The van der Waals surface area contributed by atoms with Crippen molar-refractivity contribution in [1.82, 2.24) is 20.1 Å². The van der Waals surface area contributed by atoms with Crippen molar-refractivity contribution in [3.63, 3.8) is 0 Å². The first kappa shape index (κ1) is 19.2. The van der Waals surface area contributed by atoms with Crippen molar-refractivity contribution in [2.75, 3.05) is 18.0 Å². The van der Waals surface area contributed by atoms with E-state index in [2.05, 4.69) is 53.8 Å². The number of fused-ring (bicyclic) bond motifs is 1. The van der Waals surface area contributed by atoms with Crippen LogP contribution in [0.3, 0.4) is 0 Å². The second-order valence-corrected chi connectivity index (χ2v) is 8.66. The lowest BCUT2D eigenvalue weighted by atomic mass is 9.92. The quantitative estimate of drug-likeness (QED) is 0.414. The van der Waals surface area contributed by atoms with E-state index in [1.54, 1.807) is 0 Å². The monoisotopic (exact) mass is 461 g/mol. The number of aromatic nitrogens is 4. The van der Waals surface area contributed by atoms with Gasteiger partial charge >= 0.3 is 6.01 Å². The van der Waals surface area contributed by atoms with Crippen molar-refractivity contribution in [2.24, 2.45) is 5.92 Å². The minimum atomic E-state index is -0.146. The summed E-state index contributed by atoms with van der Waals surface area (Å²) in [4.78, 5) is 16.4. The van der Waals surface area contributed by atoms with Crippen LogP contribution >= 0.6 is 27.3 Å². The predicted molar refractivity (Wildman–Crippen MR) is 112 cm³/mol. The first-order valence-electron chi connectivity index (χ1n) is 9.18. The van der Waals surface area contributed by atoms with E-state index in [1.165, 1.54) is 11.3 Å². The summed E-state index contributed by atoms with van der Waals surface area (Å²) in [7, 11) is 0. The van der Waals surface area contributed by atoms with E-state index in [4.69, 9.17) is 15.7 Å². The zero-order valence-corrected chi connectivity index (χ0v) is 18.0. The Labute approximate surface area is 175 Å². The smallest absolute Gasteiger partial charge is 0.324 e. The van der Waals surface area contributed by atoms with E-state index in [9.17, 15) is 0 Å². The minimum absolute atomic E-state index is 0.0749. The molecule has 2 unspecified atom stereocenters. The van der Waals surface area contributed by atoms with E-state index in [0.717, 1.165) is 40.9 Å². The van der Waals surface area contributed by atoms with Crippen molar-refractivity contribution >= 4 is 43.6 Å². The zero-order chi connectivity index (χ0) is 19.7. The van der Waals surface area contributed by atoms with Crippen LogP contribution in [-0.4, -0.2) is 39.3 Å². The van der Waals surface area contributed by atoms with Crippen molar-refractivity contribution in [2.45, 2.75) is 38.7 Å². The van der Waals surface area contributed by atoms with Crippen molar-refractivity contribution < 1.29 is 9.26 Å². The second kappa shape index (κ2) is 8.05. The molecule has 1 aliphatic heterocycles. The van der Waals surface area contributed by atoms with Crippen LogP contribution in [0.1, 0.15) is 38.4 Å². The molecule has 1 saturated heterocycles. The molecule has 0 bridgehead atoms. The Kier molecular flexibility index (Phi) is 5.51. The Hall–Kier alpha value is -2.18. The molecule has 0 saturated carbocycles. The van der Waals surface area contributed by atoms with E-state index < -0.39 is 0 Å². The van der Waals surface area contributed by atoms with Gasteiger partial charge in [0.15, 0.2) is 5.82 Å². The van der Waals surface area contributed by atoms with E-state index >= 15 is 0 Å². The number of nitrogens with zero attached hydrogens (tertiary/aromatic N) is 5. The summed E-state index contributed by atoms with van der Waals surface area (Å²) in [5, 5.41) is 4.65. The van der Waals surface area contributed by atoms with Gasteiger partial charge in [0.05, 0.1) is 5.92 Å². The fourth-order valence-electron chi connectivity index (χ4n) is 3.25. The van der Waals surface area contributed by atoms with Gasteiger partial charge in [-0.1, -0.05) is 22.4 Å². The molecular weight excluding hydrogens is 442 g/mol. The first-order valence-corrected chi connectivity index (χ1v) is 10.8. The fraction of sp³-hybridized carbons (Fsp3) is 0.474. The van der Waals surface area contributed by atoms with Gasteiger partial charge in [0, 0.05) is 13.1 Å². The Morgan fingerprint density at radius 2 is 2.07 bits per heavy atom. The number of pyridine rings is 1. The third kappa shape index (κ3) is 3.98. The molecule has 0 N–H and O–H groups in total. The third-order valence-corrected chi connectivity index (χ3v) is 6.33. The van der Waals surface area contributed by atoms with Gasteiger partial charge in [-0.05, 0) is 60.7 Å². The summed E-state index contributed by atoms with van der Waals surface area (Å²) in [5.74, 6) is 3.48. The van der Waals surface area contributed by atoms with Gasteiger partial charge in [0.2, 0.25) is 0 Å². The molecule has 4 heterocycles. The number of hydrogen-bond donors (Lipinski definition) is 0. The number of terminal acetylenes is 1. The van der Waals surface area contributed by atoms with E-state index in [1.807, 2.05) is 19.1 Å². The SMILES string of the molecule is C#CC(C)c1noc(N2CCC(C(C)Oc3nc4ccc(Br)nc4s3)CC2)n1. The molecule has 7 nitrogen and oxygen atoms in total. The zero-order valence-electron chi connectivity index (χ0n) is 15.6. The average Bonchev–Trinajstić information content (AvgIpc) is 3.34. The maximum atomic E-state index is 6.13. The molecule has 3 aromatic rings. The molecule has 0 radical (unpaired) electrons. The molecular formula is C19H20BrN5O2S. The third-order valence-electron chi connectivity index (χ3n) is 5.03. The molecule has 0 aliphatic carbocycles. The molecule has 1 fully saturated rings. The summed E-state index contributed by atoms with van der Waals surface area (Å²) in [5.41, 5.74) is 0.860. The molecule has 2 atom stereocenters. The number of ether oxygens (including phenoxy) is 1. The molecule has 1 aliphatic rings. The second-order valence-electron chi connectivity index (χ2n) is 6.91. The van der Waals surface area contributed by atoms with E-state index in [0.29, 0.717) is 23.0 Å². The van der Waals surface area contributed by atoms with Gasteiger partial charge in [0.25, 0.3) is 5.19 Å². The first-order chi connectivity index (χ1) is 13.5. The minimum Gasteiger partial charge on any atom is -0.467 e. The number of anilines is 1. The highest BCUT2D eigenvalue weighted by molar-refractivity contribution is 9.10. The maximum absolute atomic E-state index is 6.13. The summed E-state index contributed by atoms with van der Waals surface area (Å²) in [6.07, 6.45) is 7.47. The van der Waals surface area contributed by atoms with Crippen LogP contribution in [0.5, 0.6) is 5.19 Å². The number of rotatable bonds is 5. The van der Waals surface area contributed by atoms with Crippen LogP contribution in [0.2, 0.25) is 0 Å². The standard InChI is InChI=1S/C19H20BrN5O2S/c1-4-11(2)16-23-18(27-24-16)25-9-7-13(8-10-25)12(3)26-19-21-14-5-6-15(20)22-17(14)28-19/h1,5-6,11-13H,7-10H2,2-3H3. The van der Waals surface area contributed by atoms with Gasteiger partial charge in [0.1, 0.15) is 21.1 Å². The number of piperidine rings is 1.